The summed E-state index contributed by atoms with van der Waals surface area (Å²) in [6.07, 6.45) is 3.32. The molecule has 2 aromatic carbocycles. The quantitative estimate of drug-likeness (QED) is 0.388. The molecule has 7 heteroatoms. The van der Waals surface area contributed by atoms with Crippen molar-refractivity contribution in [2.24, 2.45) is 0 Å². The van der Waals surface area contributed by atoms with Crippen LogP contribution in [-0.4, -0.2) is 16.0 Å². The molecule has 2 heterocycles. The zero-order chi connectivity index (χ0) is 20.8. The second-order valence-corrected chi connectivity index (χ2v) is 7.50. The van der Waals surface area contributed by atoms with Gasteiger partial charge in [-0.25, -0.2) is 0 Å². The number of ether oxygens (including phenoxy) is 1. The third-order valence-corrected chi connectivity index (χ3v) is 5.25. The summed E-state index contributed by atoms with van der Waals surface area (Å²) in [5, 5.41) is 6.84. The van der Waals surface area contributed by atoms with Crippen LogP contribution in [0, 0.1) is 6.92 Å². The molecule has 0 spiro atoms. The van der Waals surface area contributed by atoms with E-state index < -0.39 is 0 Å². The average Bonchev–Trinajstić information content (AvgIpc) is 3.18. The number of anilines is 1. The smallest absolute Gasteiger partial charge is 0.256 e. The van der Waals surface area contributed by atoms with Crippen molar-refractivity contribution in [1.29, 1.82) is 0 Å². The fraction of sp³-hybridized carbons (Fsp3) is 0.0870. The number of hydrogen-bond donors (Lipinski definition) is 1. The molecule has 0 fully saturated rings. The van der Waals surface area contributed by atoms with Gasteiger partial charge in [0.15, 0.2) is 0 Å². The van der Waals surface area contributed by atoms with Gasteiger partial charge in [-0.3, -0.25) is 9.78 Å². The molecule has 150 valence electrons. The SMILES string of the molecule is Cc1cc(CSc2ccccc2C(=O)Nc2cccc(Oc3ccncc3)c2)on1. The summed E-state index contributed by atoms with van der Waals surface area (Å²) < 4.78 is 11.1. The van der Waals surface area contributed by atoms with Crippen LogP contribution in [0.15, 0.2) is 88.5 Å². The van der Waals surface area contributed by atoms with E-state index in [1.807, 2.05) is 49.4 Å². The van der Waals surface area contributed by atoms with Crippen molar-refractivity contribution in [3.05, 3.63) is 96.1 Å². The molecule has 0 unspecified atom stereocenters. The molecule has 0 atom stereocenters. The number of aromatic nitrogens is 2. The van der Waals surface area contributed by atoms with Gasteiger partial charge in [-0.05, 0) is 43.3 Å². The van der Waals surface area contributed by atoms with Crippen LogP contribution in [-0.2, 0) is 5.75 Å². The van der Waals surface area contributed by atoms with Crippen molar-refractivity contribution in [3.8, 4) is 11.5 Å². The summed E-state index contributed by atoms with van der Waals surface area (Å²) in [5.41, 5.74) is 2.09. The van der Waals surface area contributed by atoms with Crippen LogP contribution in [0.4, 0.5) is 5.69 Å². The average molecular weight is 417 g/mol. The van der Waals surface area contributed by atoms with Crippen molar-refractivity contribution in [3.63, 3.8) is 0 Å². The zero-order valence-corrected chi connectivity index (χ0v) is 17.1. The van der Waals surface area contributed by atoms with Crippen LogP contribution in [0.3, 0.4) is 0 Å². The Labute approximate surface area is 178 Å². The van der Waals surface area contributed by atoms with Gasteiger partial charge in [0.2, 0.25) is 0 Å². The molecule has 4 aromatic rings. The van der Waals surface area contributed by atoms with Gasteiger partial charge >= 0.3 is 0 Å². The molecule has 0 saturated heterocycles. The molecule has 0 saturated carbocycles. The van der Waals surface area contributed by atoms with E-state index in [2.05, 4.69) is 15.5 Å². The number of carbonyl (C=O) groups is 1. The van der Waals surface area contributed by atoms with E-state index in [9.17, 15) is 4.79 Å². The second-order valence-electron chi connectivity index (χ2n) is 6.49. The minimum absolute atomic E-state index is 0.187. The Bertz CT molecular complexity index is 1150. The first-order valence-corrected chi connectivity index (χ1v) is 10.3. The van der Waals surface area contributed by atoms with E-state index in [1.54, 1.807) is 36.7 Å². The van der Waals surface area contributed by atoms with E-state index in [1.165, 1.54) is 11.8 Å². The van der Waals surface area contributed by atoms with E-state index in [0.717, 1.165) is 16.3 Å². The summed E-state index contributed by atoms with van der Waals surface area (Å²) in [7, 11) is 0. The van der Waals surface area contributed by atoms with Crippen molar-refractivity contribution in [1.82, 2.24) is 10.1 Å². The lowest BCUT2D eigenvalue weighted by atomic mass is 10.2. The number of benzene rings is 2. The predicted molar refractivity (Wildman–Crippen MR) is 116 cm³/mol. The number of nitrogens with zero attached hydrogens (tertiary/aromatic N) is 2. The van der Waals surface area contributed by atoms with Gasteiger partial charge in [-0.15, -0.1) is 11.8 Å². The third kappa shape index (κ3) is 5.07. The minimum atomic E-state index is -0.187. The summed E-state index contributed by atoms with van der Waals surface area (Å²) >= 11 is 1.53. The molecular weight excluding hydrogens is 398 g/mol. The van der Waals surface area contributed by atoms with Crippen LogP contribution < -0.4 is 10.1 Å². The minimum Gasteiger partial charge on any atom is -0.457 e. The Morgan fingerprint density at radius 3 is 2.67 bits per heavy atom. The molecule has 1 N–H and O–H groups in total. The van der Waals surface area contributed by atoms with Gasteiger partial charge in [0.1, 0.15) is 17.3 Å². The lowest BCUT2D eigenvalue weighted by Gasteiger charge is -2.11. The number of nitrogens with one attached hydrogen (secondary N) is 1. The van der Waals surface area contributed by atoms with Crippen LogP contribution in [0.1, 0.15) is 21.8 Å². The molecular formula is C23H19N3O3S. The van der Waals surface area contributed by atoms with Crippen LogP contribution in [0.25, 0.3) is 0 Å². The van der Waals surface area contributed by atoms with E-state index in [-0.39, 0.29) is 5.91 Å². The molecule has 4 rings (SSSR count). The maximum absolute atomic E-state index is 12.9. The molecule has 0 aliphatic carbocycles. The van der Waals surface area contributed by atoms with Gasteiger partial charge in [0, 0.05) is 35.1 Å². The van der Waals surface area contributed by atoms with Gasteiger partial charge in [0.25, 0.3) is 5.91 Å². The molecule has 0 aliphatic heterocycles. The molecule has 0 aliphatic rings. The van der Waals surface area contributed by atoms with E-state index >= 15 is 0 Å². The van der Waals surface area contributed by atoms with Crippen molar-refractivity contribution in [2.45, 2.75) is 17.6 Å². The molecule has 2 aromatic heterocycles. The van der Waals surface area contributed by atoms with Crippen LogP contribution >= 0.6 is 11.8 Å². The Morgan fingerprint density at radius 2 is 1.87 bits per heavy atom. The molecule has 30 heavy (non-hydrogen) atoms. The lowest BCUT2D eigenvalue weighted by molar-refractivity contribution is 0.102. The van der Waals surface area contributed by atoms with E-state index in [0.29, 0.717) is 28.5 Å². The first-order chi connectivity index (χ1) is 14.7. The van der Waals surface area contributed by atoms with E-state index in [4.69, 9.17) is 9.26 Å². The van der Waals surface area contributed by atoms with Crippen molar-refractivity contribution in [2.75, 3.05) is 5.32 Å². The number of rotatable bonds is 7. The Hall–Kier alpha value is -3.58. The van der Waals surface area contributed by atoms with Crippen molar-refractivity contribution < 1.29 is 14.1 Å². The number of aryl methyl sites for hydroxylation is 1. The molecule has 0 bridgehead atoms. The third-order valence-electron chi connectivity index (χ3n) is 4.16. The number of amides is 1. The first kappa shape index (κ1) is 19.7. The predicted octanol–water partition coefficient (Wildman–Crippen LogP) is 5.71. The highest BCUT2D eigenvalue weighted by molar-refractivity contribution is 7.98. The van der Waals surface area contributed by atoms with Gasteiger partial charge in [0.05, 0.1) is 17.0 Å². The number of thioether (sulfide) groups is 1. The maximum atomic E-state index is 12.9. The number of hydrogen-bond acceptors (Lipinski definition) is 6. The summed E-state index contributed by atoms with van der Waals surface area (Å²) in [6.45, 7) is 1.88. The Balaban J connectivity index is 1.45. The highest BCUT2D eigenvalue weighted by Crippen LogP contribution is 2.28. The summed E-state index contributed by atoms with van der Waals surface area (Å²) in [5.74, 6) is 2.49. The largest absolute Gasteiger partial charge is 0.457 e. The van der Waals surface area contributed by atoms with Gasteiger partial charge in [-0.2, -0.15) is 0 Å². The van der Waals surface area contributed by atoms with Crippen LogP contribution in [0.2, 0.25) is 0 Å². The monoisotopic (exact) mass is 417 g/mol. The summed E-state index contributed by atoms with van der Waals surface area (Å²) in [4.78, 5) is 17.8. The zero-order valence-electron chi connectivity index (χ0n) is 16.2. The fourth-order valence-corrected chi connectivity index (χ4v) is 3.72. The molecule has 6 nitrogen and oxygen atoms in total. The highest BCUT2D eigenvalue weighted by Gasteiger charge is 2.13. The molecule has 1 amide bonds. The highest BCUT2D eigenvalue weighted by atomic mass is 32.2. The number of carbonyl (C=O) groups excluding carboxylic acids is 1. The Morgan fingerprint density at radius 1 is 1.03 bits per heavy atom. The van der Waals surface area contributed by atoms with Crippen LogP contribution in [0.5, 0.6) is 11.5 Å². The number of pyridine rings is 1. The fourth-order valence-electron chi connectivity index (χ4n) is 2.79. The van der Waals surface area contributed by atoms with Gasteiger partial charge < -0.3 is 14.6 Å². The van der Waals surface area contributed by atoms with Gasteiger partial charge in [-0.1, -0.05) is 23.4 Å². The topological polar surface area (TPSA) is 77.2 Å². The maximum Gasteiger partial charge on any atom is 0.256 e. The summed E-state index contributed by atoms with van der Waals surface area (Å²) in [6, 6.07) is 20.2. The Kier molecular flexibility index (Phi) is 6.10. The second kappa shape index (κ2) is 9.28. The lowest BCUT2D eigenvalue weighted by Crippen LogP contribution is -2.13. The molecule has 0 radical (unpaired) electrons. The standard InChI is InChI=1S/C23H19N3O3S/c1-16-13-20(29-26-16)15-30-22-8-3-2-7-21(22)23(27)25-17-5-4-6-19(14-17)28-18-9-11-24-12-10-18/h2-14H,15H2,1H3,(H,25,27). The normalized spacial score (nSPS) is 10.6. The van der Waals surface area contributed by atoms with Crippen molar-refractivity contribution >= 4 is 23.4 Å². The first-order valence-electron chi connectivity index (χ1n) is 9.31.